The standard InChI is InChI=1S/C14H18BrNO/c1-10-11(2)16(8-7-14(10)17)9-12-3-5-13(15)6-4-12/h3-6,10-11H,7-9H2,1-2H3. The summed E-state index contributed by atoms with van der Waals surface area (Å²) in [5, 5.41) is 0. The summed E-state index contributed by atoms with van der Waals surface area (Å²) in [5.74, 6) is 0.573. The number of ketones is 1. The molecule has 0 radical (unpaired) electrons. The number of nitrogens with zero attached hydrogens (tertiary/aromatic N) is 1. The Balaban J connectivity index is 2.04. The molecule has 2 unspecified atom stereocenters. The minimum Gasteiger partial charge on any atom is -0.299 e. The maximum atomic E-state index is 11.6. The van der Waals surface area contributed by atoms with Gasteiger partial charge in [-0.25, -0.2) is 0 Å². The number of carbonyl (C=O) groups excluding carboxylic acids is 1. The van der Waals surface area contributed by atoms with E-state index in [4.69, 9.17) is 0 Å². The van der Waals surface area contributed by atoms with Crippen LogP contribution in [-0.2, 0) is 11.3 Å². The zero-order valence-corrected chi connectivity index (χ0v) is 11.9. The van der Waals surface area contributed by atoms with Gasteiger partial charge < -0.3 is 0 Å². The molecule has 1 fully saturated rings. The Labute approximate surface area is 111 Å². The van der Waals surface area contributed by atoms with Gasteiger partial charge in [0.05, 0.1) is 0 Å². The molecule has 1 aliphatic heterocycles. The van der Waals surface area contributed by atoms with Gasteiger partial charge in [0.1, 0.15) is 5.78 Å². The van der Waals surface area contributed by atoms with Crippen molar-refractivity contribution in [3.05, 3.63) is 34.3 Å². The fourth-order valence-corrected chi connectivity index (χ4v) is 2.58. The lowest BCUT2D eigenvalue weighted by Crippen LogP contribution is -2.46. The Kier molecular flexibility index (Phi) is 4.00. The second-order valence-corrected chi connectivity index (χ2v) is 5.76. The molecule has 1 saturated heterocycles. The molecule has 2 rings (SSSR count). The van der Waals surface area contributed by atoms with E-state index in [2.05, 4.69) is 52.0 Å². The smallest absolute Gasteiger partial charge is 0.138 e. The molecule has 0 aliphatic carbocycles. The number of rotatable bonds is 2. The van der Waals surface area contributed by atoms with Crippen molar-refractivity contribution in [2.45, 2.75) is 32.9 Å². The molecule has 0 bridgehead atoms. The monoisotopic (exact) mass is 295 g/mol. The first-order chi connectivity index (χ1) is 8.08. The zero-order valence-electron chi connectivity index (χ0n) is 10.3. The molecule has 1 aliphatic rings. The number of halogens is 1. The van der Waals surface area contributed by atoms with E-state index >= 15 is 0 Å². The topological polar surface area (TPSA) is 20.3 Å². The number of likely N-dealkylation sites (tertiary alicyclic amines) is 1. The summed E-state index contributed by atoms with van der Waals surface area (Å²) in [4.78, 5) is 14.0. The lowest BCUT2D eigenvalue weighted by Gasteiger charge is -2.36. The summed E-state index contributed by atoms with van der Waals surface area (Å²) < 4.78 is 1.11. The Morgan fingerprint density at radius 1 is 1.29 bits per heavy atom. The molecule has 0 spiro atoms. The fourth-order valence-electron chi connectivity index (χ4n) is 2.32. The van der Waals surface area contributed by atoms with Crippen molar-refractivity contribution in [1.82, 2.24) is 4.90 Å². The molecule has 0 N–H and O–H groups in total. The van der Waals surface area contributed by atoms with Crippen LogP contribution in [0.25, 0.3) is 0 Å². The SMILES string of the molecule is CC1C(=O)CCN(Cc2ccc(Br)cc2)C1C. The van der Waals surface area contributed by atoms with Crippen LogP contribution in [0.5, 0.6) is 0 Å². The van der Waals surface area contributed by atoms with Gasteiger partial charge in [-0.05, 0) is 24.6 Å². The highest BCUT2D eigenvalue weighted by Gasteiger charge is 2.30. The van der Waals surface area contributed by atoms with Gasteiger partial charge in [0.25, 0.3) is 0 Å². The molecule has 3 heteroatoms. The van der Waals surface area contributed by atoms with Crippen LogP contribution in [-0.4, -0.2) is 23.3 Å². The first kappa shape index (κ1) is 12.8. The molecule has 1 aromatic carbocycles. The minimum absolute atomic E-state index is 0.166. The fraction of sp³-hybridized carbons (Fsp3) is 0.500. The van der Waals surface area contributed by atoms with Gasteiger partial charge in [-0.3, -0.25) is 9.69 Å². The third kappa shape index (κ3) is 2.96. The molecule has 0 amide bonds. The van der Waals surface area contributed by atoms with Crippen LogP contribution in [0.3, 0.4) is 0 Å². The lowest BCUT2D eigenvalue weighted by molar-refractivity contribution is -0.128. The number of piperidine rings is 1. The molecule has 2 nitrogen and oxygen atoms in total. The van der Waals surface area contributed by atoms with Crippen molar-refractivity contribution >= 4 is 21.7 Å². The van der Waals surface area contributed by atoms with E-state index in [0.29, 0.717) is 18.2 Å². The molecule has 1 aromatic rings. The summed E-state index contributed by atoms with van der Waals surface area (Å²) in [5.41, 5.74) is 1.31. The number of benzene rings is 1. The van der Waals surface area contributed by atoms with E-state index in [-0.39, 0.29) is 5.92 Å². The van der Waals surface area contributed by atoms with Crippen LogP contribution in [0.1, 0.15) is 25.8 Å². The Bertz CT molecular complexity index is 401. The van der Waals surface area contributed by atoms with Gasteiger partial charge in [-0.2, -0.15) is 0 Å². The van der Waals surface area contributed by atoms with Gasteiger partial charge >= 0.3 is 0 Å². The number of hydrogen-bond acceptors (Lipinski definition) is 2. The molecule has 17 heavy (non-hydrogen) atoms. The maximum absolute atomic E-state index is 11.6. The van der Waals surface area contributed by atoms with Crippen molar-refractivity contribution in [2.75, 3.05) is 6.54 Å². The summed E-state index contributed by atoms with van der Waals surface area (Å²) in [7, 11) is 0. The average Bonchev–Trinajstić information content (AvgIpc) is 2.33. The zero-order chi connectivity index (χ0) is 12.4. The number of hydrogen-bond donors (Lipinski definition) is 0. The van der Waals surface area contributed by atoms with E-state index in [9.17, 15) is 4.79 Å². The van der Waals surface area contributed by atoms with Crippen LogP contribution < -0.4 is 0 Å². The second kappa shape index (κ2) is 5.32. The molecular formula is C14H18BrNO. The Morgan fingerprint density at radius 3 is 2.59 bits per heavy atom. The van der Waals surface area contributed by atoms with Crippen LogP contribution in [0, 0.1) is 5.92 Å². The third-order valence-corrected chi connectivity index (χ3v) is 4.28. The molecule has 0 saturated carbocycles. The highest BCUT2D eigenvalue weighted by Crippen LogP contribution is 2.22. The average molecular weight is 296 g/mol. The Morgan fingerprint density at radius 2 is 1.94 bits per heavy atom. The van der Waals surface area contributed by atoms with Gasteiger partial charge in [0, 0.05) is 35.9 Å². The Hall–Kier alpha value is -0.670. The van der Waals surface area contributed by atoms with E-state index < -0.39 is 0 Å². The maximum Gasteiger partial charge on any atom is 0.138 e. The van der Waals surface area contributed by atoms with Gasteiger partial charge in [-0.1, -0.05) is 35.0 Å². The highest BCUT2D eigenvalue weighted by molar-refractivity contribution is 9.10. The van der Waals surface area contributed by atoms with E-state index in [1.807, 2.05) is 6.92 Å². The van der Waals surface area contributed by atoms with E-state index in [1.54, 1.807) is 0 Å². The summed E-state index contributed by atoms with van der Waals surface area (Å²) in [6.07, 6.45) is 0.696. The van der Waals surface area contributed by atoms with Crippen molar-refractivity contribution in [3.63, 3.8) is 0 Å². The van der Waals surface area contributed by atoms with Crippen LogP contribution >= 0.6 is 15.9 Å². The summed E-state index contributed by atoms with van der Waals surface area (Å²) in [6.45, 7) is 6.02. The van der Waals surface area contributed by atoms with Gasteiger partial charge in [-0.15, -0.1) is 0 Å². The molecule has 1 heterocycles. The van der Waals surface area contributed by atoms with Crippen LogP contribution in [0.15, 0.2) is 28.7 Å². The molecule has 92 valence electrons. The highest BCUT2D eigenvalue weighted by atomic mass is 79.9. The third-order valence-electron chi connectivity index (χ3n) is 3.75. The number of carbonyl (C=O) groups is 1. The van der Waals surface area contributed by atoms with Gasteiger partial charge in [0.2, 0.25) is 0 Å². The predicted octanol–water partition coefficient (Wildman–Crippen LogP) is 3.25. The summed E-state index contributed by atoms with van der Waals surface area (Å²) >= 11 is 3.44. The van der Waals surface area contributed by atoms with Crippen LogP contribution in [0.2, 0.25) is 0 Å². The van der Waals surface area contributed by atoms with Crippen molar-refractivity contribution in [1.29, 1.82) is 0 Å². The van der Waals surface area contributed by atoms with Crippen molar-refractivity contribution < 1.29 is 4.79 Å². The van der Waals surface area contributed by atoms with Crippen molar-refractivity contribution in [2.24, 2.45) is 5.92 Å². The van der Waals surface area contributed by atoms with Crippen molar-refractivity contribution in [3.8, 4) is 0 Å². The van der Waals surface area contributed by atoms with E-state index in [1.165, 1.54) is 5.56 Å². The predicted molar refractivity (Wildman–Crippen MR) is 72.8 cm³/mol. The van der Waals surface area contributed by atoms with Gasteiger partial charge in [0.15, 0.2) is 0 Å². The first-order valence-electron chi connectivity index (χ1n) is 6.09. The first-order valence-corrected chi connectivity index (χ1v) is 6.88. The van der Waals surface area contributed by atoms with E-state index in [0.717, 1.165) is 17.6 Å². The second-order valence-electron chi connectivity index (χ2n) is 4.84. The molecular weight excluding hydrogens is 278 g/mol. The lowest BCUT2D eigenvalue weighted by atomic mass is 9.90. The largest absolute Gasteiger partial charge is 0.299 e. The minimum atomic E-state index is 0.166. The quantitative estimate of drug-likeness (QED) is 0.835. The molecule has 2 atom stereocenters. The van der Waals surface area contributed by atoms with Crippen LogP contribution in [0.4, 0.5) is 0 Å². The molecule has 0 aromatic heterocycles. The summed E-state index contributed by atoms with van der Waals surface area (Å²) in [6, 6.07) is 8.76. The number of Topliss-reactive ketones (excluding diaryl/α,β-unsaturated/α-hetero) is 1. The normalized spacial score (nSPS) is 26.2.